The Balaban J connectivity index is 1.74. The Morgan fingerprint density at radius 1 is 1.08 bits per heavy atom. The lowest BCUT2D eigenvalue weighted by Gasteiger charge is -2.10. The maximum atomic E-state index is 12.9. The van der Waals surface area contributed by atoms with Gasteiger partial charge < -0.3 is 4.57 Å². The minimum absolute atomic E-state index is 0.0158. The fraction of sp³-hybridized carbons (Fsp3) is 0.118. The molecule has 24 heavy (non-hydrogen) atoms. The maximum absolute atomic E-state index is 12.9. The molecule has 7 heteroatoms. The van der Waals surface area contributed by atoms with Gasteiger partial charge in [0.15, 0.2) is 0 Å². The lowest BCUT2D eigenvalue weighted by molar-refractivity contribution is 0.599. The predicted octanol–water partition coefficient (Wildman–Crippen LogP) is 3.18. The minimum atomic E-state index is -3.73. The fourth-order valence-electron chi connectivity index (χ4n) is 2.27. The van der Waals surface area contributed by atoms with Crippen molar-refractivity contribution in [3.05, 3.63) is 78.1 Å². The van der Waals surface area contributed by atoms with Crippen molar-refractivity contribution in [1.29, 1.82) is 0 Å². The molecule has 1 aromatic heterocycles. The second-order valence-electron chi connectivity index (χ2n) is 5.36. The second kappa shape index (κ2) is 6.45. The first-order valence-electron chi connectivity index (χ1n) is 7.29. The molecule has 5 nitrogen and oxygen atoms in total. The van der Waals surface area contributed by atoms with Crippen LogP contribution in [0.1, 0.15) is 11.4 Å². The van der Waals surface area contributed by atoms with Gasteiger partial charge in [0.25, 0.3) is 10.0 Å². The lowest BCUT2D eigenvalue weighted by atomic mass is 10.2. The van der Waals surface area contributed by atoms with Crippen LogP contribution >= 0.6 is 0 Å². The van der Waals surface area contributed by atoms with Crippen LogP contribution in [0.2, 0.25) is 0 Å². The van der Waals surface area contributed by atoms with Crippen molar-refractivity contribution >= 4 is 15.7 Å². The Labute approximate surface area is 139 Å². The predicted molar refractivity (Wildman–Crippen MR) is 89.7 cm³/mol. The summed E-state index contributed by atoms with van der Waals surface area (Å²) in [5.41, 5.74) is 1.48. The summed E-state index contributed by atoms with van der Waals surface area (Å²) in [5, 5.41) is 0. The molecule has 0 fully saturated rings. The van der Waals surface area contributed by atoms with Crippen LogP contribution in [0, 0.1) is 12.7 Å². The molecule has 0 unspecified atom stereocenters. The number of hydrogen-bond donors (Lipinski definition) is 1. The number of benzene rings is 2. The van der Waals surface area contributed by atoms with E-state index in [0.29, 0.717) is 12.2 Å². The van der Waals surface area contributed by atoms with E-state index < -0.39 is 15.8 Å². The molecular weight excluding hydrogens is 329 g/mol. The van der Waals surface area contributed by atoms with Crippen molar-refractivity contribution in [3.8, 4) is 0 Å². The summed E-state index contributed by atoms with van der Waals surface area (Å²) in [6.45, 7) is 2.59. The van der Waals surface area contributed by atoms with Crippen molar-refractivity contribution in [2.24, 2.45) is 0 Å². The third-order valence-electron chi connectivity index (χ3n) is 3.61. The Morgan fingerprint density at radius 2 is 1.75 bits per heavy atom. The Bertz CT molecular complexity index is 933. The van der Waals surface area contributed by atoms with E-state index >= 15 is 0 Å². The van der Waals surface area contributed by atoms with Crippen LogP contribution in [-0.4, -0.2) is 18.0 Å². The van der Waals surface area contributed by atoms with Crippen molar-refractivity contribution in [3.63, 3.8) is 0 Å². The van der Waals surface area contributed by atoms with Gasteiger partial charge in [-0.3, -0.25) is 4.72 Å². The molecule has 0 spiro atoms. The van der Waals surface area contributed by atoms with Crippen molar-refractivity contribution in [1.82, 2.24) is 9.55 Å². The van der Waals surface area contributed by atoms with Crippen LogP contribution in [0.25, 0.3) is 0 Å². The minimum Gasteiger partial charge on any atom is -0.331 e. The van der Waals surface area contributed by atoms with Gasteiger partial charge in [0.05, 0.1) is 4.90 Å². The smallest absolute Gasteiger partial charge is 0.261 e. The van der Waals surface area contributed by atoms with Gasteiger partial charge in [0, 0.05) is 24.6 Å². The molecule has 0 aliphatic carbocycles. The molecule has 0 radical (unpaired) electrons. The third kappa shape index (κ3) is 3.62. The fourth-order valence-corrected chi connectivity index (χ4v) is 3.33. The van der Waals surface area contributed by atoms with Gasteiger partial charge in [-0.1, -0.05) is 12.1 Å². The molecule has 0 bridgehead atoms. The summed E-state index contributed by atoms with van der Waals surface area (Å²) in [6.07, 6.45) is 3.63. The zero-order chi connectivity index (χ0) is 17.2. The van der Waals surface area contributed by atoms with E-state index in [0.717, 1.165) is 23.5 Å². The van der Waals surface area contributed by atoms with E-state index in [1.54, 1.807) is 18.3 Å². The SMILES string of the molecule is Cc1nccn1Cc1ccc(NS(=O)(=O)c2ccc(F)cc2)cc1. The standard InChI is InChI=1S/C17H16FN3O2S/c1-13-19-10-11-21(13)12-14-2-6-16(7-3-14)20-24(22,23)17-8-4-15(18)5-9-17/h2-11,20H,12H2,1H3. The first-order chi connectivity index (χ1) is 11.4. The number of nitrogens with one attached hydrogen (secondary N) is 1. The highest BCUT2D eigenvalue weighted by Crippen LogP contribution is 2.17. The highest BCUT2D eigenvalue weighted by atomic mass is 32.2. The largest absolute Gasteiger partial charge is 0.331 e. The molecule has 0 saturated carbocycles. The van der Waals surface area contributed by atoms with Gasteiger partial charge in [-0.05, 0) is 48.9 Å². The molecule has 3 rings (SSSR count). The molecule has 3 aromatic rings. The molecule has 0 amide bonds. The van der Waals surface area contributed by atoms with Crippen LogP contribution in [0.5, 0.6) is 0 Å². The molecule has 0 saturated heterocycles. The van der Waals surface area contributed by atoms with E-state index in [9.17, 15) is 12.8 Å². The zero-order valence-corrected chi connectivity index (χ0v) is 13.8. The molecule has 124 valence electrons. The summed E-state index contributed by atoms with van der Waals surface area (Å²) in [7, 11) is -3.73. The zero-order valence-electron chi connectivity index (χ0n) is 13.0. The Kier molecular flexibility index (Phi) is 4.35. The summed E-state index contributed by atoms with van der Waals surface area (Å²) >= 11 is 0. The molecule has 1 heterocycles. The molecular formula is C17H16FN3O2S. The first-order valence-corrected chi connectivity index (χ1v) is 8.77. The Morgan fingerprint density at radius 3 is 2.33 bits per heavy atom. The van der Waals surface area contributed by atoms with Gasteiger partial charge in [0.1, 0.15) is 11.6 Å². The van der Waals surface area contributed by atoms with Gasteiger partial charge in [-0.25, -0.2) is 17.8 Å². The van der Waals surface area contributed by atoms with Crippen LogP contribution in [-0.2, 0) is 16.6 Å². The molecule has 0 aliphatic heterocycles. The van der Waals surface area contributed by atoms with Crippen molar-refractivity contribution in [2.75, 3.05) is 4.72 Å². The van der Waals surface area contributed by atoms with Crippen LogP contribution in [0.15, 0.2) is 65.8 Å². The Hall–Kier alpha value is -2.67. The van der Waals surface area contributed by atoms with E-state index in [1.807, 2.05) is 29.8 Å². The molecule has 2 aromatic carbocycles. The summed E-state index contributed by atoms with van der Waals surface area (Å²) < 4.78 is 41.9. The van der Waals surface area contributed by atoms with Gasteiger partial charge >= 0.3 is 0 Å². The van der Waals surface area contributed by atoms with E-state index in [4.69, 9.17) is 0 Å². The van der Waals surface area contributed by atoms with Crippen molar-refractivity contribution < 1.29 is 12.8 Å². The number of sulfonamides is 1. The number of halogens is 1. The number of imidazole rings is 1. The van der Waals surface area contributed by atoms with E-state index in [-0.39, 0.29) is 4.90 Å². The average Bonchev–Trinajstić information content (AvgIpc) is 2.94. The van der Waals surface area contributed by atoms with Gasteiger partial charge in [0.2, 0.25) is 0 Å². The topological polar surface area (TPSA) is 64.0 Å². The quantitative estimate of drug-likeness (QED) is 0.772. The van der Waals surface area contributed by atoms with Crippen LogP contribution in [0.4, 0.5) is 10.1 Å². The highest BCUT2D eigenvalue weighted by molar-refractivity contribution is 7.92. The molecule has 0 atom stereocenters. The van der Waals surface area contributed by atoms with Gasteiger partial charge in [-0.15, -0.1) is 0 Å². The van der Waals surface area contributed by atoms with Crippen LogP contribution < -0.4 is 4.72 Å². The van der Waals surface area contributed by atoms with Crippen molar-refractivity contribution in [2.45, 2.75) is 18.4 Å². The maximum Gasteiger partial charge on any atom is 0.261 e. The molecule has 1 N–H and O–H groups in total. The summed E-state index contributed by atoms with van der Waals surface area (Å²) in [4.78, 5) is 4.18. The van der Waals surface area contributed by atoms with E-state index in [1.165, 1.54) is 12.1 Å². The van der Waals surface area contributed by atoms with E-state index in [2.05, 4.69) is 9.71 Å². The van der Waals surface area contributed by atoms with Gasteiger partial charge in [-0.2, -0.15) is 0 Å². The number of aryl methyl sites for hydroxylation is 1. The second-order valence-corrected chi connectivity index (χ2v) is 7.04. The summed E-state index contributed by atoms with van der Waals surface area (Å²) in [5.74, 6) is 0.434. The number of hydrogen-bond acceptors (Lipinski definition) is 3. The first kappa shape index (κ1) is 16.2. The number of aromatic nitrogens is 2. The number of rotatable bonds is 5. The number of nitrogens with zero attached hydrogens (tertiary/aromatic N) is 2. The monoisotopic (exact) mass is 345 g/mol. The average molecular weight is 345 g/mol. The number of anilines is 1. The normalized spacial score (nSPS) is 11.4. The summed E-state index contributed by atoms with van der Waals surface area (Å²) in [6, 6.07) is 11.8. The van der Waals surface area contributed by atoms with Crippen LogP contribution in [0.3, 0.4) is 0 Å². The molecule has 0 aliphatic rings. The lowest BCUT2D eigenvalue weighted by Crippen LogP contribution is -2.13. The highest BCUT2D eigenvalue weighted by Gasteiger charge is 2.14. The third-order valence-corrected chi connectivity index (χ3v) is 5.00.